The zero-order chi connectivity index (χ0) is 11.4. The van der Waals surface area contributed by atoms with Crippen molar-refractivity contribution >= 4 is 11.4 Å². The summed E-state index contributed by atoms with van der Waals surface area (Å²) in [6.07, 6.45) is 1.88. The lowest BCUT2D eigenvalue weighted by Crippen LogP contribution is -2.08. The lowest BCUT2D eigenvalue weighted by molar-refractivity contribution is 1.13. The van der Waals surface area contributed by atoms with Gasteiger partial charge >= 0.3 is 0 Å². The molecule has 1 N–H and O–H groups in total. The molecule has 0 heterocycles. The van der Waals surface area contributed by atoms with Crippen LogP contribution in [0, 0.1) is 5.41 Å². The monoisotopic (exact) mass is 202 g/mol. The van der Waals surface area contributed by atoms with Gasteiger partial charge in [0.05, 0.1) is 5.71 Å². The molecule has 0 bridgehead atoms. The summed E-state index contributed by atoms with van der Waals surface area (Å²) in [5, 5.41) is 7.85. The van der Waals surface area contributed by atoms with Gasteiger partial charge in [0.15, 0.2) is 0 Å². The molecular formula is C13H18N2. The van der Waals surface area contributed by atoms with Gasteiger partial charge in [0.1, 0.15) is 0 Å². The first-order valence-corrected chi connectivity index (χ1v) is 5.02. The van der Waals surface area contributed by atoms with Crippen molar-refractivity contribution < 1.29 is 0 Å². The van der Waals surface area contributed by atoms with E-state index < -0.39 is 0 Å². The van der Waals surface area contributed by atoms with E-state index in [0.717, 1.165) is 16.8 Å². The third-order valence-corrected chi connectivity index (χ3v) is 2.13. The Hall–Kier alpha value is -1.57. The van der Waals surface area contributed by atoms with Crippen LogP contribution in [-0.4, -0.2) is 19.8 Å². The molecule has 0 radical (unpaired) electrons. The molecule has 0 aliphatic carbocycles. The van der Waals surface area contributed by atoms with Crippen LogP contribution < -0.4 is 4.90 Å². The van der Waals surface area contributed by atoms with Gasteiger partial charge in [-0.25, -0.2) is 0 Å². The fraction of sp³-hybridized carbons (Fsp3) is 0.308. The molecule has 1 rings (SSSR count). The summed E-state index contributed by atoms with van der Waals surface area (Å²) in [4.78, 5) is 2.05. The van der Waals surface area contributed by atoms with Gasteiger partial charge in [-0.2, -0.15) is 0 Å². The van der Waals surface area contributed by atoms with Gasteiger partial charge in [0.25, 0.3) is 0 Å². The quantitative estimate of drug-likeness (QED) is 0.749. The van der Waals surface area contributed by atoms with Gasteiger partial charge in [-0.05, 0) is 37.6 Å². The number of rotatable bonds is 3. The van der Waals surface area contributed by atoms with Crippen LogP contribution in [0.25, 0.3) is 0 Å². The van der Waals surface area contributed by atoms with Gasteiger partial charge in [-0.15, -0.1) is 0 Å². The largest absolute Gasteiger partial charge is 0.378 e. The molecule has 15 heavy (non-hydrogen) atoms. The zero-order valence-electron chi connectivity index (χ0n) is 9.83. The molecule has 80 valence electrons. The van der Waals surface area contributed by atoms with Crippen LogP contribution in [0.5, 0.6) is 0 Å². The third kappa shape index (κ3) is 3.24. The van der Waals surface area contributed by atoms with Crippen molar-refractivity contribution in [3.05, 3.63) is 41.5 Å². The standard InChI is InChI=1S/C13H18N2/c1-10(2)9-13(14)11-5-7-12(8-6-11)15(3)4/h5-9,14H,1-4H3. The third-order valence-electron chi connectivity index (χ3n) is 2.13. The van der Waals surface area contributed by atoms with Crippen LogP contribution in [0.3, 0.4) is 0 Å². The highest BCUT2D eigenvalue weighted by atomic mass is 15.1. The highest BCUT2D eigenvalue weighted by Crippen LogP contribution is 2.13. The molecule has 1 aromatic rings. The lowest BCUT2D eigenvalue weighted by Gasteiger charge is -2.12. The lowest BCUT2D eigenvalue weighted by atomic mass is 10.1. The van der Waals surface area contributed by atoms with E-state index in [1.54, 1.807) is 0 Å². The number of anilines is 1. The van der Waals surface area contributed by atoms with Gasteiger partial charge in [-0.3, -0.25) is 0 Å². The van der Waals surface area contributed by atoms with Crippen molar-refractivity contribution in [3.8, 4) is 0 Å². The molecule has 0 saturated carbocycles. The van der Waals surface area contributed by atoms with Crippen molar-refractivity contribution in [3.63, 3.8) is 0 Å². The van der Waals surface area contributed by atoms with Gasteiger partial charge < -0.3 is 10.3 Å². The van der Waals surface area contributed by atoms with Crippen LogP contribution in [0.1, 0.15) is 19.4 Å². The molecule has 0 aliphatic heterocycles. The summed E-state index contributed by atoms with van der Waals surface area (Å²) in [5.41, 5.74) is 3.84. The number of hydrogen-bond acceptors (Lipinski definition) is 2. The van der Waals surface area contributed by atoms with Crippen LogP contribution in [0.15, 0.2) is 35.9 Å². The topological polar surface area (TPSA) is 27.1 Å². The Morgan fingerprint density at radius 1 is 1.13 bits per heavy atom. The molecule has 0 unspecified atom stereocenters. The Bertz CT molecular complexity index is 368. The van der Waals surface area contributed by atoms with E-state index in [9.17, 15) is 0 Å². The van der Waals surface area contributed by atoms with E-state index in [1.165, 1.54) is 0 Å². The predicted octanol–water partition coefficient (Wildman–Crippen LogP) is 3.09. The van der Waals surface area contributed by atoms with E-state index in [4.69, 9.17) is 5.41 Å². The minimum absolute atomic E-state index is 0.570. The SMILES string of the molecule is CC(C)=CC(=N)c1ccc(N(C)C)cc1. The summed E-state index contributed by atoms with van der Waals surface area (Å²) in [5.74, 6) is 0. The highest BCUT2D eigenvalue weighted by Gasteiger charge is 1.99. The fourth-order valence-electron chi connectivity index (χ4n) is 1.31. The molecule has 2 nitrogen and oxygen atoms in total. The summed E-state index contributed by atoms with van der Waals surface area (Å²) in [6, 6.07) is 8.03. The van der Waals surface area contributed by atoms with E-state index >= 15 is 0 Å². The normalized spacial score (nSPS) is 9.60. The Morgan fingerprint density at radius 2 is 1.67 bits per heavy atom. The van der Waals surface area contributed by atoms with E-state index in [0.29, 0.717) is 5.71 Å². The van der Waals surface area contributed by atoms with Crippen molar-refractivity contribution in [1.29, 1.82) is 5.41 Å². The summed E-state index contributed by atoms with van der Waals surface area (Å²) in [6.45, 7) is 4.01. The second kappa shape index (κ2) is 4.78. The minimum Gasteiger partial charge on any atom is -0.378 e. The summed E-state index contributed by atoms with van der Waals surface area (Å²) < 4.78 is 0. The van der Waals surface area contributed by atoms with Gasteiger partial charge in [0.2, 0.25) is 0 Å². The molecule has 0 fully saturated rings. The van der Waals surface area contributed by atoms with Crippen molar-refractivity contribution in [2.45, 2.75) is 13.8 Å². The molecule has 2 heteroatoms. The first-order valence-electron chi connectivity index (χ1n) is 5.02. The Morgan fingerprint density at radius 3 is 2.07 bits per heavy atom. The number of benzene rings is 1. The van der Waals surface area contributed by atoms with Crippen molar-refractivity contribution in [1.82, 2.24) is 0 Å². The predicted molar refractivity (Wildman–Crippen MR) is 67.0 cm³/mol. The van der Waals surface area contributed by atoms with Gasteiger partial charge in [-0.1, -0.05) is 17.7 Å². The molecule has 0 atom stereocenters. The second-order valence-corrected chi connectivity index (χ2v) is 4.08. The molecule has 0 aliphatic rings. The smallest absolute Gasteiger partial charge is 0.0611 e. The average Bonchev–Trinajstić information content (AvgIpc) is 2.17. The summed E-state index contributed by atoms with van der Waals surface area (Å²) >= 11 is 0. The van der Waals surface area contributed by atoms with Crippen molar-refractivity contribution in [2.24, 2.45) is 0 Å². The van der Waals surface area contributed by atoms with Crippen LogP contribution in [-0.2, 0) is 0 Å². The molecule has 1 aromatic carbocycles. The van der Waals surface area contributed by atoms with Crippen LogP contribution in [0.2, 0.25) is 0 Å². The van der Waals surface area contributed by atoms with Gasteiger partial charge in [0, 0.05) is 19.8 Å². The van der Waals surface area contributed by atoms with Crippen LogP contribution >= 0.6 is 0 Å². The maximum absolute atomic E-state index is 7.85. The maximum atomic E-state index is 7.85. The van der Waals surface area contributed by atoms with Crippen LogP contribution in [0.4, 0.5) is 5.69 Å². The molecular weight excluding hydrogens is 184 g/mol. The number of nitrogens with one attached hydrogen (secondary N) is 1. The molecule has 0 aromatic heterocycles. The average molecular weight is 202 g/mol. The summed E-state index contributed by atoms with van der Waals surface area (Å²) in [7, 11) is 4.02. The second-order valence-electron chi connectivity index (χ2n) is 4.08. The van der Waals surface area contributed by atoms with E-state index in [1.807, 2.05) is 63.2 Å². The highest BCUT2D eigenvalue weighted by molar-refractivity contribution is 6.06. The Labute approximate surface area is 91.7 Å². The number of nitrogens with zero attached hydrogens (tertiary/aromatic N) is 1. The first-order chi connectivity index (χ1) is 7.00. The minimum atomic E-state index is 0.570. The van der Waals surface area contributed by atoms with E-state index in [2.05, 4.69) is 0 Å². The molecule has 0 spiro atoms. The number of allylic oxidation sites excluding steroid dienone is 2. The first kappa shape index (κ1) is 11.5. The Balaban J connectivity index is 2.90. The van der Waals surface area contributed by atoms with Crippen molar-refractivity contribution in [2.75, 3.05) is 19.0 Å². The zero-order valence-corrected chi connectivity index (χ0v) is 9.83. The molecule has 0 amide bonds. The fourth-order valence-corrected chi connectivity index (χ4v) is 1.31. The van der Waals surface area contributed by atoms with E-state index in [-0.39, 0.29) is 0 Å². The number of hydrogen-bond donors (Lipinski definition) is 1. The molecule has 0 saturated heterocycles. The Kier molecular flexibility index (Phi) is 3.67. The maximum Gasteiger partial charge on any atom is 0.0611 e.